The van der Waals surface area contributed by atoms with Gasteiger partial charge in [-0.2, -0.15) is 0 Å². The van der Waals surface area contributed by atoms with Crippen LogP contribution in [0.2, 0.25) is 0 Å². The van der Waals surface area contributed by atoms with E-state index in [2.05, 4.69) is 5.32 Å². The summed E-state index contributed by atoms with van der Waals surface area (Å²) in [4.78, 5) is 33.3. The van der Waals surface area contributed by atoms with Crippen LogP contribution < -0.4 is 10.4 Å². The number of hydrogen-bond donors (Lipinski definition) is 1. The van der Waals surface area contributed by atoms with E-state index in [9.17, 15) is 29.2 Å². The maximum atomic E-state index is 13.6. The van der Waals surface area contributed by atoms with E-state index in [1.807, 2.05) is 0 Å². The maximum Gasteiger partial charge on any atom is 0.269 e. The molecular weight excluding hydrogens is 319 g/mol. The van der Waals surface area contributed by atoms with E-state index in [1.54, 1.807) is 0 Å². The molecule has 0 radical (unpaired) electrons. The fraction of sp³-hybridized carbons (Fsp3) is 0.125. The molecule has 0 fully saturated rings. The first-order valence-electron chi connectivity index (χ1n) is 6.88. The van der Waals surface area contributed by atoms with Gasteiger partial charge >= 0.3 is 0 Å². The number of non-ortho nitro benzene ring substituents is 1. The molecule has 2 aromatic rings. The van der Waals surface area contributed by atoms with Crippen LogP contribution in [-0.2, 0) is 4.79 Å². The minimum absolute atomic E-state index is 0.207. The van der Waals surface area contributed by atoms with Crippen molar-refractivity contribution in [3.05, 3.63) is 75.6 Å². The fourth-order valence-corrected chi connectivity index (χ4v) is 2.16. The molecular formula is C16H12FN2O5-. The molecule has 0 spiro atoms. The second-order valence-corrected chi connectivity index (χ2v) is 4.93. The molecule has 0 aromatic heterocycles. The number of carbonyl (C=O) groups excluding carboxylic acids is 2. The van der Waals surface area contributed by atoms with Gasteiger partial charge in [0, 0.05) is 24.5 Å². The first kappa shape index (κ1) is 17.1. The highest BCUT2D eigenvalue weighted by Crippen LogP contribution is 2.22. The second-order valence-electron chi connectivity index (χ2n) is 4.93. The average molecular weight is 331 g/mol. The van der Waals surface area contributed by atoms with Gasteiger partial charge in [0.15, 0.2) is 0 Å². The molecule has 0 bridgehead atoms. The Hall–Kier alpha value is -3.29. The van der Waals surface area contributed by atoms with E-state index in [0.717, 1.165) is 12.1 Å². The third-order valence-corrected chi connectivity index (χ3v) is 3.28. The lowest BCUT2D eigenvalue weighted by Gasteiger charge is -2.20. The molecule has 0 unspecified atom stereocenters. The van der Waals surface area contributed by atoms with Crippen LogP contribution in [0, 0.1) is 15.9 Å². The number of benzene rings is 2. The van der Waals surface area contributed by atoms with Gasteiger partial charge in [0.1, 0.15) is 5.82 Å². The lowest BCUT2D eigenvalue weighted by molar-refractivity contribution is -0.385. The van der Waals surface area contributed by atoms with Crippen LogP contribution >= 0.6 is 0 Å². The fourth-order valence-electron chi connectivity index (χ4n) is 2.16. The quantitative estimate of drug-likeness (QED) is 0.634. The van der Waals surface area contributed by atoms with Gasteiger partial charge in [-0.15, -0.1) is 0 Å². The van der Waals surface area contributed by atoms with Gasteiger partial charge in [-0.1, -0.05) is 24.3 Å². The summed E-state index contributed by atoms with van der Waals surface area (Å²) in [5.41, 5.74) is -0.305. The zero-order chi connectivity index (χ0) is 17.7. The number of carboxylic acid groups (broad SMARTS) is 1. The highest BCUT2D eigenvalue weighted by Gasteiger charge is 2.20. The lowest BCUT2D eigenvalue weighted by Crippen LogP contribution is -2.34. The molecule has 1 N–H and O–H groups in total. The number of aliphatic carboxylic acids is 1. The molecule has 7 nitrogen and oxygen atoms in total. The molecule has 8 heteroatoms. The van der Waals surface area contributed by atoms with Gasteiger partial charge in [-0.3, -0.25) is 14.9 Å². The molecule has 2 rings (SSSR count). The molecule has 1 atom stereocenters. The minimum Gasteiger partial charge on any atom is -0.550 e. The van der Waals surface area contributed by atoms with E-state index >= 15 is 0 Å². The van der Waals surface area contributed by atoms with Crippen molar-refractivity contribution in [1.82, 2.24) is 5.32 Å². The van der Waals surface area contributed by atoms with E-state index in [-0.39, 0.29) is 16.8 Å². The highest BCUT2D eigenvalue weighted by molar-refractivity contribution is 5.94. The summed E-state index contributed by atoms with van der Waals surface area (Å²) in [5.74, 6) is -3.05. The van der Waals surface area contributed by atoms with Crippen molar-refractivity contribution in [3.8, 4) is 0 Å². The number of hydrogen-bond acceptors (Lipinski definition) is 5. The molecule has 0 aliphatic rings. The Morgan fingerprint density at radius 2 is 1.88 bits per heavy atom. The average Bonchev–Trinajstić information content (AvgIpc) is 2.54. The monoisotopic (exact) mass is 331 g/mol. The number of nitrogens with one attached hydrogen (secondary N) is 1. The second kappa shape index (κ2) is 7.32. The topological polar surface area (TPSA) is 112 Å². The predicted molar refractivity (Wildman–Crippen MR) is 79.3 cm³/mol. The normalized spacial score (nSPS) is 11.5. The summed E-state index contributed by atoms with van der Waals surface area (Å²) in [6, 6.07) is 9.29. The van der Waals surface area contributed by atoms with E-state index in [0.29, 0.717) is 0 Å². The SMILES string of the molecule is O=C([O-])C[C@@H](NC(=O)c1ccccc1F)c1cccc([N+](=O)[O-])c1. The number of nitro benzene ring substituents is 1. The van der Waals surface area contributed by atoms with Crippen LogP contribution in [0.5, 0.6) is 0 Å². The van der Waals surface area contributed by atoms with Crippen molar-refractivity contribution in [2.45, 2.75) is 12.5 Å². The molecule has 0 saturated heterocycles. The summed E-state index contributed by atoms with van der Waals surface area (Å²) >= 11 is 0. The largest absolute Gasteiger partial charge is 0.550 e. The Morgan fingerprint density at radius 3 is 2.50 bits per heavy atom. The van der Waals surface area contributed by atoms with Crippen LogP contribution in [0.1, 0.15) is 28.4 Å². The Kier molecular flexibility index (Phi) is 5.20. The zero-order valence-electron chi connectivity index (χ0n) is 12.3. The van der Waals surface area contributed by atoms with E-state index < -0.39 is 35.1 Å². The number of halogens is 1. The summed E-state index contributed by atoms with van der Waals surface area (Å²) in [5, 5.41) is 24.1. The Balaban J connectivity index is 2.30. The van der Waals surface area contributed by atoms with Gasteiger partial charge in [-0.25, -0.2) is 4.39 Å². The smallest absolute Gasteiger partial charge is 0.269 e. The van der Waals surface area contributed by atoms with Gasteiger partial charge < -0.3 is 15.2 Å². The number of carbonyl (C=O) groups is 2. The van der Waals surface area contributed by atoms with E-state index in [1.165, 1.54) is 36.4 Å². The maximum absolute atomic E-state index is 13.6. The molecule has 2 aromatic carbocycles. The third-order valence-electron chi connectivity index (χ3n) is 3.28. The molecule has 0 aliphatic heterocycles. The Morgan fingerprint density at radius 1 is 1.17 bits per heavy atom. The predicted octanol–water partition coefficient (Wildman–Crippen LogP) is 1.35. The van der Waals surface area contributed by atoms with Crippen LogP contribution in [-0.4, -0.2) is 16.8 Å². The zero-order valence-corrected chi connectivity index (χ0v) is 12.3. The summed E-state index contributed by atoms with van der Waals surface area (Å²) in [6.45, 7) is 0. The number of nitrogens with zero attached hydrogens (tertiary/aromatic N) is 1. The lowest BCUT2D eigenvalue weighted by atomic mass is 10.0. The molecule has 24 heavy (non-hydrogen) atoms. The summed E-state index contributed by atoms with van der Waals surface area (Å²) in [7, 11) is 0. The van der Waals surface area contributed by atoms with Crippen molar-refractivity contribution < 1.29 is 24.0 Å². The third kappa shape index (κ3) is 4.13. The number of rotatable bonds is 6. The molecule has 0 heterocycles. The van der Waals surface area contributed by atoms with Crippen molar-refractivity contribution in [1.29, 1.82) is 0 Å². The first-order valence-corrected chi connectivity index (χ1v) is 6.88. The van der Waals surface area contributed by atoms with Crippen molar-refractivity contribution >= 4 is 17.6 Å². The van der Waals surface area contributed by atoms with E-state index in [4.69, 9.17) is 0 Å². The van der Waals surface area contributed by atoms with Crippen molar-refractivity contribution in [2.75, 3.05) is 0 Å². The Bertz CT molecular complexity index is 794. The van der Waals surface area contributed by atoms with Gasteiger partial charge in [0.2, 0.25) is 0 Å². The molecule has 0 aliphatic carbocycles. The van der Waals surface area contributed by atoms with Crippen LogP contribution in [0.4, 0.5) is 10.1 Å². The van der Waals surface area contributed by atoms with Gasteiger partial charge in [0.05, 0.1) is 16.5 Å². The van der Waals surface area contributed by atoms with Gasteiger partial charge in [-0.05, 0) is 17.7 Å². The van der Waals surface area contributed by atoms with Crippen LogP contribution in [0.3, 0.4) is 0 Å². The molecule has 0 saturated carbocycles. The van der Waals surface area contributed by atoms with Gasteiger partial charge in [0.25, 0.3) is 11.6 Å². The molecule has 124 valence electrons. The standard InChI is InChI=1S/C16H13FN2O5/c17-13-7-2-1-6-12(13)16(22)18-14(9-15(20)21)10-4-3-5-11(8-10)19(23)24/h1-8,14H,9H2,(H,18,22)(H,20,21)/p-1/t14-/m1/s1. The number of amides is 1. The first-order chi connectivity index (χ1) is 11.4. The highest BCUT2D eigenvalue weighted by atomic mass is 19.1. The summed E-state index contributed by atoms with van der Waals surface area (Å²) < 4.78 is 13.6. The van der Waals surface area contributed by atoms with Crippen molar-refractivity contribution in [2.24, 2.45) is 0 Å². The number of nitro groups is 1. The minimum atomic E-state index is -1.46. The summed E-state index contributed by atoms with van der Waals surface area (Å²) in [6.07, 6.45) is -0.610. The Labute approximate surface area is 135 Å². The van der Waals surface area contributed by atoms with Crippen molar-refractivity contribution in [3.63, 3.8) is 0 Å². The van der Waals surface area contributed by atoms with Crippen LogP contribution in [0.25, 0.3) is 0 Å². The molecule has 1 amide bonds. The number of carboxylic acids is 1. The van der Waals surface area contributed by atoms with Crippen LogP contribution in [0.15, 0.2) is 48.5 Å².